The van der Waals surface area contributed by atoms with Crippen molar-refractivity contribution in [2.24, 2.45) is 5.92 Å². The average molecular weight is 326 g/mol. The number of benzene rings is 1. The van der Waals surface area contributed by atoms with Crippen LogP contribution in [-0.4, -0.2) is 5.91 Å². The second kappa shape index (κ2) is 5.68. The van der Waals surface area contributed by atoms with Crippen molar-refractivity contribution in [3.8, 4) is 0 Å². The van der Waals surface area contributed by atoms with E-state index >= 15 is 0 Å². The Morgan fingerprint density at radius 2 is 2.00 bits per heavy atom. The van der Waals surface area contributed by atoms with Gasteiger partial charge < -0.3 is 10.6 Å². The van der Waals surface area contributed by atoms with Crippen LogP contribution in [0.3, 0.4) is 0 Å². The molecule has 4 rings (SSSR count). The van der Waals surface area contributed by atoms with Gasteiger partial charge in [0.25, 0.3) is 5.91 Å². The zero-order valence-electron chi connectivity index (χ0n) is 13.6. The number of hydrogen-bond acceptors (Lipinski definition) is 3. The van der Waals surface area contributed by atoms with E-state index in [1.807, 2.05) is 0 Å². The quantitative estimate of drug-likeness (QED) is 0.864. The third-order valence-electron chi connectivity index (χ3n) is 5.01. The average Bonchev–Trinajstić information content (AvgIpc) is 2.92. The summed E-state index contributed by atoms with van der Waals surface area (Å²) in [6.07, 6.45) is 4.24. The van der Waals surface area contributed by atoms with Crippen LogP contribution in [0.1, 0.15) is 58.4 Å². The smallest absolute Gasteiger partial charge is 0.256 e. The highest BCUT2D eigenvalue weighted by Crippen LogP contribution is 2.42. The van der Waals surface area contributed by atoms with Crippen LogP contribution in [0, 0.1) is 5.92 Å². The van der Waals surface area contributed by atoms with Crippen LogP contribution in [0.15, 0.2) is 24.3 Å². The standard InChI is InChI=1S/C19H22N2OS/c1-3-12-5-7-13(8-6-12)17-20-18(22)16-14-9-4-11(2)10-15(14)23-19(16)21-17/h5-8,11,17,21H,3-4,9-10H2,1-2H3,(H,20,22). The molecule has 0 saturated carbocycles. The van der Waals surface area contributed by atoms with E-state index < -0.39 is 0 Å². The van der Waals surface area contributed by atoms with Crippen molar-refractivity contribution >= 4 is 22.2 Å². The van der Waals surface area contributed by atoms with Crippen LogP contribution < -0.4 is 10.6 Å². The van der Waals surface area contributed by atoms with Crippen LogP contribution >= 0.6 is 11.3 Å². The number of anilines is 1. The maximum Gasteiger partial charge on any atom is 0.256 e. The Hall–Kier alpha value is -1.81. The van der Waals surface area contributed by atoms with E-state index in [9.17, 15) is 4.79 Å². The molecule has 2 unspecified atom stereocenters. The summed E-state index contributed by atoms with van der Waals surface area (Å²) in [4.78, 5) is 14.1. The summed E-state index contributed by atoms with van der Waals surface area (Å²) in [7, 11) is 0. The molecule has 0 bridgehead atoms. The van der Waals surface area contributed by atoms with Crippen molar-refractivity contribution in [3.63, 3.8) is 0 Å². The Morgan fingerprint density at radius 1 is 1.22 bits per heavy atom. The minimum absolute atomic E-state index is 0.0790. The summed E-state index contributed by atoms with van der Waals surface area (Å²) in [5, 5.41) is 7.72. The molecule has 2 heterocycles. The molecule has 0 spiro atoms. The van der Waals surface area contributed by atoms with Gasteiger partial charge in [-0.25, -0.2) is 0 Å². The Kier molecular flexibility index (Phi) is 3.64. The largest absolute Gasteiger partial charge is 0.353 e. The van der Waals surface area contributed by atoms with Gasteiger partial charge in [0.15, 0.2) is 0 Å². The topological polar surface area (TPSA) is 41.1 Å². The maximum atomic E-state index is 12.7. The monoisotopic (exact) mass is 326 g/mol. The number of carbonyl (C=O) groups is 1. The van der Waals surface area contributed by atoms with Crippen LogP contribution in [0.25, 0.3) is 0 Å². The van der Waals surface area contributed by atoms with E-state index in [1.165, 1.54) is 22.4 Å². The zero-order chi connectivity index (χ0) is 16.0. The van der Waals surface area contributed by atoms with Crippen LogP contribution in [0.4, 0.5) is 5.00 Å². The minimum atomic E-state index is -0.126. The molecule has 23 heavy (non-hydrogen) atoms. The first-order valence-corrected chi connectivity index (χ1v) is 9.28. The lowest BCUT2D eigenvalue weighted by atomic mass is 9.88. The van der Waals surface area contributed by atoms with E-state index in [1.54, 1.807) is 11.3 Å². The Bertz CT molecular complexity index is 747. The van der Waals surface area contributed by atoms with Crippen molar-refractivity contribution in [1.82, 2.24) is 5.32 Å². The second-order valence-corrected chi connectivity index (χ2v) is 7.81. The lowest BCUT2D eigenvalue weighted by molar-refractivity contribution is 0.0935. The Morgan fingerprint density at radius 3 is 2.74 bits per heavy atom. The predicted octanol–water partition coefficient (Wildman–Crippen LogP) is 4.29. The number of amides is 1. The van der Waals surface area contributed by atoms with Gasteiger partial charge >= 0.3 is 0 Å². The number of fused-ring (bicyclic) bond motifs is 3. The highest BCUT2D eigenvalue weighted by molar-refractivity contribution is 7.16. The number of carbonyl (C=O) groups excluding carboxylic acids is 1. The van der Waals surface area contributed by atoms with E-state index in [0.29, 0.717) is 0 Å². The molecule has 2 atom stereocenters. The molecule has 2 aliphatic rings. The van der Waals surface area contributed by atoms with Crippen molar-refractivity contribution in [1.29, 1.82) is 0 Å². The second-order valence-electron chi connectivity index (χ2n) is 6.70. The highest BCUT2D eigenvalue weighted by Gasteiger charge is 2.32. The molecule has 0 fully saturated rings. The third-order valence-corrected chi connectivity index (χ3v) is 6.20. The molecule has 1 aliphatic carbocycles. The lowest BCUT2D eigenvalue weighted by Gasteiger charge is -2.27. The highest BCUT2D eigenvalue weighted by atomic mass is 32.1. The summed E-state index contributed by atoms with van der Waals surface area (Å²) in [6, 6.07) is 8.49. The van der Waals surface area contributed by atoms with Gasteiger partial charge in [0.05, 0.1) is 5.56 Å². The molecule has 1 aliphatic heterocycles. The number of rotatable bonds is 2. The van der Waals surface area contributed by atoms with Crippen molar-refractivity contribution < 1.29 is 4.79 Å². The van der Waals surface area contributed by atoms with Crippen molar-refractivity contribution in [3.05, 3.63) is 51.4 Å². The van der Waals surface area contributed by atoms with E-state index in [-0.39, 0.29) is 12.1 Å². The fourth-order valence-corrected chi connectivity index (χ4v) is 5.01. The van der Waals surface area contributed by atoms with Crippen molar-refractivity contribution in [2.75, 3.05) is 5.32 Å². The number of thiophene rings is 1. The van der Waals surface area contributed by atoms with Gasteiger partial charge in [-0.3, -0.25) is 4.79 Å². The van der Waals surface area contributed by atoms with Gasteiger partial charge in [0.1, 0.15) is 11.2 Å². The normalized spacial score (nSPS) is 22.8. The van der Waals surface area contributed by atoms with Gasteiger partial charge in [-0.05, 0) is 48.3 Å². The zero-order valence-corrected chi connectivity index (χ0v) is 14.4. The van der Waals surface area contributed by atoms with Gasteiger partial charge in [0.2, 0.25) is 0 Å². The molecule has 4 heteroatoms. The summed E-state index contributed by atoms with van der Waals surface area (Å²) in [6.45, 7) is 4.45. The molecular formula is C19H22N2OS. The number of aryl methyl sites for hydroxylation is 1. The molecule has 1 aromatic heterocycles. The van der Waals surface area contributed by atoms with Crippen molar-refractivity contribution in [2.45, 2.75) is 45.7 Å². The molecule has 120 valence electrons. The fraction of sp³-hybridized carbons (Fsp3) is 0.421. The first-order chi connectivity index (χ1) is 11.2. The molecule has 2 N–H and O–H groups in total. The van der Waals surface area contributed by atoms with Crippen LogP contribution in [0.5, 0.6) is 0 Å². The molecule has 1 amide bonds. The summed E-state index contributed by atoms with van der Waals surface area (Å²) < 4.78 is 0. The third kappa shape index (κ3) is 2.55. The number of hydrogen-bond donors (Lipinski definition) is 2. The van der Waals surface area contributed by atoms with E-state index in [0.717, 1.165) is 41.3 Å². The molecular weight excluding hydrogens is 304 g/mol. The summed E-state index contributed by atoms with van der Waals surface area (Å²) >= 11 is 1.78. The Labute approximate surface area is 141 Å². The SMILES string of the molecule is CCc1ccc(C2NC(=O)c3c(sc4c3CCC(C)C4)N2)cc1. The van der Waals surface area contributed by atoms with Gasteiger partial charge in [0, 0.05) is 4.88 Å². The summed E-state index contributed by atoms with van der Waals surface area (Å²) in [5.41, 5.74) is 4.62. The summed E-state index contributed by atoms with van der Waals surface area (Å²) in [5.74, 6) is 0.804. The van der Waals surface area contributed by atoms with Crippen LogP contribution in [-0.2, 0) is 19.3 Å². The predicted molar refractivity (Wildman–Crippen MR) is 95.2 cm³/mol. The molecule has 3 nitrogen and oxygen atoms in total. The fourth-order valence-electron chi connectivity index (χ4n) is 3.58. The number of nitrogens with one attached hydrogen (secondary N) is 2. The molecule has 2 aromatic rings. The van der Waals surface area contributed by atoms with E-state index in [2.05, 4.69) is 48.7 Å². The van der Waals surface area contributed by atoms with Gasteiger partial charge in [-0.1, -0.05) is 38.1 Å². The first kappa shape index (κ1) is 14.8. The maximum absolute atomic E-state index is 12.7. The van der Waals surface area contributed by atoms with E-state index in [4.69, 9.17) is 0 Å². The minimum Gasteiger partial charge on any atom is -0.353 e. The first-order valence-electron chi connectivity index (χ1n) is 8.46. The molecule has 0 radical (unpaired) electrons. The molecule has 1 aromatic carbocycles. The lowest BCUT2D eigenvalue weighted by Crippen LogP contribution is -2.38. The Balaban J connectivity index is 1.65. The molecule has 0 saturated heterocycles. The van der Waals surface area contributed by atoms with Gasteiger partial charge in [-0.15, -0.1) is 11.3 Å². The van der Waals surface area contributed by atoms with Gasteiger partial charge in [-0.2, -0.15) is 0 Å². The van der Waals surface area contributed by atoms with Crippen LogP contribution in [0.2, 0.25) is 0 Å².